The fourth-order valence-electron chi connectivity index (χ4n) is 2.96. The summed E-state index contributed by atoms with van der Waals surface area (Å²) in [6.07, 6.45) is 2.93. The molecule has 18 heavy (non-hydrogen) atoms. The van der Waals surface area contributed by atoms with E-state index in [1.807, 2.05) is 6.92 Å². The highest BCUT2D eigenvalue weighted by Crippen LogP contribution is 2.52. The normalized spacial score (nSPS) is 37.6. The van der Waals surface area contributed by atoms with Crippen molar-refractivity contribution in [2.45, 2.75) is 56.6 Å². The molecule has 2 rings (SSSR count). The summed E-state index contributed by atoms with van der Waals surface area (Å²) in [4.78, 5) is 22.7. The van der Waals surface area contributed by atoms with Crippen molar-refractivity contribution >= 4 is 27.9 Å². The number of ether oxygens (including phenoxy) is 2. The molecule has 5 heteroatoms. The van der Waals surface area contributed by atoms with E-state index in [9.17, 15) is 9.59 Å². The Morgan fingerprint density at radius 3 is 2.44 bits per heavy atom. The van der Waals surface area contributed by atoms with Gasteiger partial charge in [-0.2, -0.15) is 0 Å². The lowest BCUT2D eigenvalue weighted by Crippen LogP contribution is -2.43. The number of carbonyl (C=O) groups is 2. The lowest BCUT2D eigenvalue weighted by atomic mass is 9.73. The van der Waals surface area contributed by atoms with Crippen molar-refractivity contribution in [1.29, 1.82) is 0 Å². The lowest BCUT2D eigenvalue weighted by molar-refractivity contribution is -0.161. The summed E-state index contributed by atoms with van der Waals surface area (Å²) in [5.41, 5.74) is 0. The molecule has 5 atom stereocenters. The molecular weight excluding hydrogens is 300 g/mol. The Balaban J connectivity index is 1.85. The minimum atomic E-state index is -0.245. The molecule has 0 saturated heterocycles. The third-order valence-corrected chi connectivity index (χ3v) is 5.12. The molecule has 0 heterocycles. The molecule has 2 fully saturated rings. The van der Waals surface area contributed by atoms with Gasteiger partial charge in [0.05, 0.1) is 4.83 Å². The fraction of sp³-hybridized carbons (Fsp3) is 0.846. The first kappa shape index (κ1) is 13.8. The Morgan fingerprint density at radius 2 is 1.83 bits per heavy atom. The zero-order valence-electron chi connectivity index (χ0n) is 10.7. The highest BCUT2D eigenvalue weighted by molar-refractivity contribution is 9.09. The molecule has 2 aliphatic rings. The molecule has 0 radical (unpaired) electrons. The molecule has 0 aromatic carbocycles. The zero-order chi connectivity index (χ0) is 13.3. The van der Waals surface area contributed by atoms with Crippen LogP contribution in [0.15, 0.2) is 0 Å². The van der Waals surface area contributed by atoms with Crippen LogP contribution in [0.5, 0.6) is 0 Å². The van der Waals surface area contributed by atoms with Crippen molar-refractivity contribution in [3.8, 4) is 0 Å². The Morgan fingerprint density at radius 1 is 1.17 bits per heavy atom. The van der Waals surface area contributed by atoms with Crippen LogP contribution in [0.2, 0.25) is 0 Å². The third-order valence-electron chi connectivity index (χ3n) is 3.85. The number of alkyl halides is 1. The minimum Gasteiger partial charge on any atom is -0.462 e. The highest BCUT2D eigenvalue weighted by Gasteiger charge is 2.55. The van der Waals surface area contributed by atoms with Crippen LogP contribution in [0.4, 0.5) is 0 Å². The summed E-state index contributed by atoms with van der Waals surface area (Å²) in [6.45, 7) is 3.39. The van der Waals surface area contributed by atoms with E-state index < -0.39 is 0 Å². The average molecular weight is 319 g/mol. The van der Waals surface area contributed by atoms with E-state index in [1.54, 1.807) is 0 Å². The van der Waals surface area contributed by atoms with Crippen LogP contribution in [0.3, 0.4) is 0 Å². The molecule has 0 N–H and O–H groups in total. The van der Waals surface area contributed by atoms with E-state index in [2.05, 4.69) is 15.9 Å². The molecule has 0 unspecified atom stereocenters. The summed E-state index contributed by atoms with van der Waals surface area (Å²) >= 11 is 3.60. The lowest BCUT2D eigenvalue weighted by Gasteiger charge is -2.40. The third kappa shape index (κ3) is 2.71. The number of carbonyl (C=O) groups excluding carboxylic acids is 2. The van der Waals surface area contributed by atoms with Gasteiger partial charge in [-0.3, -0.25) is 9.59 Å². The van der Waals surface area contributed by atoms with E-state index >= 15 is 0 Å². The summed E-state index contributed by atoms with van der Waals surface area (Å²) in [5, 5.41) is 0. The molecule has 102 valence electrons. The van der Waals surface area contributed by atoms with E-state index in [0.717, 1.165) is 19.3 Å². The molecule has 2 saturated carbocycles. The van der Waals surface area contributed by atoms with E-state index in [-0.39, 0.29) is 29.0 Å². The monoisotopic (exact) mass is 318 g/mol. The maximum atomic E-state index is 11.5. The second-order valence-electron chi connectivity index (χ2n) is 5.17. The average Bonchev–Trinajstić information content (AvgIpc) is 2.50. The van der Waals surface area contributed by atoms with Crippen molar-refractivity contribution in [3.05, 3.63) is 0 Å². The molecule has 0 spiro atoms. The number of fused-ring (bicyclic) bond motifs is 1. The predicted molar refractivity (Wildman–Crippen MR) is 69.3 cm³/mol. The molecule has 0 aromatic heterocycles. The molecule has 0 aromatic rings. The van der Waals surface area contributed by atoms with Gasteiger partial charge in [-0.05, 0) is 25.2 Å². The maximum absolute atomic E-state index is 11.5. The highest BCUT2D eigenvalue weighted by atomic mass is 79.9. The van der Waals surface area contributed by atoms with Gasteiger partial charge < -0.3 is 9.47 Å². The van der Waals surface area contributed by atoms with Crippen molar-refractivity contribution in [1.82, 2.24) is 0 Å². The van der Waals surface area contributed by atoms with Crippen LogP contribution in [0.1, 0.15) is 39.5 Å². The number of esters is 2. The van der Waals surface area contributed by atoms with E-state index in [0.29, 0.717) is 18.3 Å². The first-order valence-electron chi connectivity index (χ1n) is 6.53. The second-order valence-corrected chi connectivity index (χ2v) is 6.23. The first-order chi connectivity index (χ1) is 8.52. The van der Waals surface area contributed by atoms with Gasteiger partial charge in [-0.1, -0.05) is 22.9 Å². The van der Waals surface area contributed by atoms with Crippen LogP contribution >= 0.6 is 15.9 Å². The Hall–Kier alpha value is -0.580. The van der Waals surface area contributed by atoms with Crippen LogP contribution in [-0.2, 0) is 19.1 Å². The fourth-order valence-corrected chi connectivity index (χ4v) is 3.89. The van der Waals surface area contributed by atoms with Crippen molar-refractivity contribution < 1.29 is 19.1 Å². The minimum absolute atomic E-state index is 0.0228. The molecule has 4 nitrogen and oxygen atoms in total. The molecule has 0 amide bonds. The van der Waals surface area contributed by atoms with Crippen LogP contribution in [0.25, 0.3) is 0 Å². The predicted octanol–water partition coefficient (Wildman–Crippen LogP) is 2.43. The van der Waals surface area contributed by atoms with Gasteiger partial charge in [0.2, 0.25) is 0 Å². The molecule has 2 aliphatic carbocycles. The van der Waals surface area contributed by atoms with Crippen LogP contribution in [0, 0.1) is 11.8 Å². The molecule has 0 bridgehead atoms. The summed E-state index contributed by atoms with van der Waals surface area (Å²) in [7, 11) is 0. The first-order valence-corrected chi connectivity index (χ1v) is 7.45. The summed E-state index contributed by atoms with van der Waals surface area (Å²) < 4.78 is 10.7. The van der Waals surface area contributed by atoms with E-state index in [1.165, 1.54) is 6.92 Å². The number of hydrogen-bond donors (Lipinski definition) is 0. The smallest absolute Gasteiger partial charge is 0.306 e. The largest absolute Gasteiger partial charge is 0.462 e. The van der Waals surface area contributed by atoms with E-state index in [4.69, 9.17) is 9.47 Å². The number of rotatable bonds is 4. The van der Waals surface area contributed by atoms with Crippen molar-refractivity contribution in [3.63, 3.8) is 0 Å². The van der Waals surface area contributed by atoms with Gasteiger partial charge in [0.1, 0.15) is 12.2 Å². The second kappa shape index (κ2) is 5.59. The van der Waals surface area contributed by atoms with Crippen molar-refractivity contribution in [2.24, 2.45) is 11.8 Å². The molecule has 0 aliphatic heterocycles. The number of halogens is 1. The quantitative estimate of drug-likeness (QED) is 0.590. The van der Waals surface area contributed by atoms with Gasteiger partial charge in [0, 0.05) is 19.3 Å². The maximum Gasteiger partial charge on any atom is 0.306 e. The van der Waals surface area contributed by atoms with Gasteiger partial charge in [0.15, 0.2) is 0 Å². The Labute approximate surface area is 116 Å². The van der Waals surface area contributed by atoms with Gasteiger partial charge in [-0.25, -0.2) is 0 Å². The van der Waals surface area contributed by atoms with Crippen LogP contribution in [-0.4, -0.2) is 29.0 Å². The molecular formula is C13H19BrO4. The standard InChI is InChI=1S/C13H19BrO4/c1-3-4-12(16)18-10-6-9-8(10)5-11(13(9)14)17-7(2)15/h8-11,13H,3-6H2,1-2H3/t8-,9-,10+,11+,13+/m0/s1. The van der Waals surface area contributed by atoms with Crippen molar-refractivity contribution in [2.75, 3.05) is 0 Å². The van der Waals surface area contributed by atoms with Gasteiger partial charge in [0.25, 0.3) is 0 Å². The Bertz CT molecular complexity index is 344. The summed E-state index contributed by atoms with van der Waals surface area (Å²) in [5.74, 6) is 0.460. The topological polar surface area (TPSA) is 52.6 Å². The Kier molecular flexibility index (Phi) is 4.30. The summed E-state index contributed by atoms with van der Waals surface area (Å²) in [6, 6.07) is 0. The van der Waals surface area contributed by atoms with Crippen LogP contribution < -0.4 is 0 Å². The van der Waals surface area contributed by atoms with Gasteiger partial charge >= 0.3 is 11.9 Å². The SMILES string of the molecule is CCCC(=O)O[C@@H]1C[C@@H]2[C@@H](Br)[C@H](OC(C)=O)C[C@@H]21. The van der Waals surface area contributed by atoms with Gasteiger partial charge in [-0.15, -0.1) is 0 Å². The number of hydrogen-bond acceptors (Lipinski definition) is 4. The zero-order valence-corrected chi connectivity index (χ0v) is 12.3.